The molecule has 0 radical (unpaired) electrons. The van der Waals surface area contributed by atoms with E-state index in [1.54, 1.807) is 0 Å². The van der Waals surface area contributed by atoms with Gasteiger partial charge in [-0.15, -0.1) is 0 Å². The summed E-state index contributed by atoms with van der Waals surface area (Å²) in [5, 5.41) is 0. The Bertz CT molecular complexity index is 861. The molecule has 0 aliphatic carbocycles. The van der Waals surface area contributed by atoms with Crippen molar-refractivity contribution in [3.05, 3.63) is 108 Å². The molecule has 0 atom stereocenters. The van der Waals surface area contributed by atoms with E-state index >= 15 is 0 Å². The fourth-order valence-corrected chi connectivity index (χ4v) is 3.64. The zero-order valence-corrected chi connectivity index (χ0v) is 21.6. The largest absolute Gasteiger partial charge is 0.225 e. The van der Waals surface area contributed by atoms with Crippen LogP contribution in [0.5, 0.6) is 0 Å². The maximum atomic E-state index is 5.73. The molecule has 0 unspecified atom stereocenters. The minimum Gasteiger partial charge on any atom is -0.225 e. The van der Waals surface area contributed by atoms with E-state index in [4.69, 9.17) is 9.78 Å². The van der Waals surface area contributed by atoms with E-state index in [1.165, 1.54) is 24.8 Å². The van der Waals surface area contributed by atoms with E-state index in [1.807, 2.05) is 88.4 Å². The van der Waals surface area contributed by atoms with E-state index in [-0.39, 0.29) is 0 Å². The van der Waals surface area contributed by atoms with Gasteiger partial charge in [0.2, 0.25) is 0 Å². The van der Waals surface area contributed by atoms with Crippen LogP contribution in [0.4, 0.5) is 0 Å². The lowest BCUT2D eigenvalue weighted by Crippen LogP contribution is -2.29. The summed E-state index contributed by atoms with van der Waals surface area (Å²) >= 11 is 0. The summed E-state index contributed by atoms with van der Waals surface area (Å²) in [5.41, 5.74) is 2.99. The van der Waals surface area contributed by atoms with E-state index in [0.717, 1.165) is 11.1 Å². The maximum Gasteiger partial charge on any atom is 0.123 e. The van der Waals surface area contributed by atoms with Crippen LogP contribution in [-0.2, 0) is 26.4 Å². The van der Waals surface area contributed by atoms with E-state index in [9.17, 15) is 0 Å². The average molecular weight is 447 g/mol. The second-order valence-corrected chi connectivity index (χ2v) is 10.3. The molecule has 2 nitrogen and oxygen atoms in total. The molecule has 0 aliphatic rings. The van der Waals surface area contributed by atoms with Gasteiger partial charge >= 0.3 is 0 Å². The van der Waals surface area contributed by atoms with Crippen molar-refractivity contribution >= 4 is 0 Å². The summed E-state index contributed by atoms with van der Waals surface area (Å²) in [6.45, 7) is 14.9. The van der Waals surface area contributed by atoms with E-state index < -0.39 is 11.2 Å². The van der Waals surface area contributed by atoms with Gasteiger partial charge in [0.1, 0.15) is 11.2 Å². The first-order chi connectivity index (χ1) is 15.6. The first kappa shape index (κ1) is 26.8. The summed E-state index contributed by atoms with van der Waals surface area (Å²) in [6, 6.07) is 31.0. The highest BCUT2D eigenvalue weighted by Crippen LogP contribution is 2.31. The highest BCUT2D eigenvalue weighted by atomic mass is 17.2. The van der Waals surface area contributed by atoms with Crippen molar-refractivity contribution in [1.29, 1.82) is 0 Å². The fraction of sp³-hybridized carbons (Fsp3) is 0.419. The van der Waals surface area contributed by atoms with Crippen molar-refractivity contribution in [2.24, 2.45) is 0 Å². The molecule has 0 heterocycles. The molecule has 0 bridgehead atoms. The third kappa shape index (κ3) is 8.46. The Kier molecular flexibility index (Phi) is 9.88. The molecule has 0 aliphatic heterocycles. The molecule has 0 saturated carbocycles. The molecular weight excluding hydrogens is 404 g/mol. The lowest BCUT2D eigenvalue weighted by Gasteiger charge is -2.31. The number of hydrogen-bond acceptors (Lipinski definition) is 2. The third-order valence-electron chi connectivity index (χ3n) is 6.11. The number of hydrogen-bond donors (Lipinski definition) is 0. The van der Waals surface area contributed by atoms with Gasteiger partial charge in [-0.25, -0.2) is 9.78 Å². The van der Waals surface area contributed by atoms with Crippen LogP contribution < -0.4 is 0 Å². The van der Waals surface area contributed by atoms with Crippen LogP contribution >= 0.6 is 0 Å². The normalized spacial score (nSPS) is 12.1. The Morgan fingerprint density at radius 2 is 0.848 bits per heavy atom. The molecular formula is C31H42O2. The van der Waals surface area contributed by atoms with E-state index in [2.05, 4.69) is 51.1 Å². The second-order valence-electron chi connectivity index (χ2n) is 10.3. The van der Waals surface area contributed by atoms with Crippen LogP contribution in [0.1, 0.15) is 84.4 Å². The number of unbranched alkanes of at least 4 members (excludes halogenated alkanes) is 1. The molecule has 0 aromatic heterocycles. The summed E-state index contributed by atoms with van der Waals surface area (Å²) in [5.74, 6) is 0. The van der Waals surface area contributed by atoms with Crippen molar-refractivity contribution in [2.75, 3.05) is 0 Å². The van der Waals surface area contributed by atoms with Crippen molar-refractivity contribution < 1.29 is 9.78 Å². The van der Waals surface area contributed by atoms with Crippen LogP contribution in [0.2, 0.25) is 0 Å². The van der Waals surface area contributed by atoms with Gasteiger partial charge in [0.15, 0.2) is 0 Å². The van der Waals surface area contributed by atoms with Gasteiger partial charge in [-0.3, -0.25) is 0 Å². The van der Waals surface area contributed by atoms with Crippen LogP contribution in [0.25, 0.3) is 0 Å². The number of benzene rings is 3. The topological polar surface area (TPSA) is 18.5 Å². The predicted octanol–water partition coefficient (Wildman–Crippen LogP) is 8.96. The lowest BCUT2D eigenvalue weighted by molar-refractivity contribution is -0.410. The molecule has 3 rings (SSSR count). The first-order valence-electron chi connectivity index (χ1n) is 12.1. The Morgan fingerprint density at radius 1 is 0.515 bits per heavy atom. The van der Waals surface area contributed by atoms with Crippen LogP contribution in [0, 0.1) is 0 Å². The van der Waals surface area contributed by atoms with Gasteiger partial charge in [-0.1, -0.05) is 125 Å². The molecule has 0 saturated heterocycles. The minimum atomic E-state index is -0.493. The molecule has 2 heteroatoms. The quantitative estimate of drug-likeness (QED) is 0.241. The molecule has 0 fully saturated rings. The molecule has 0 spiro atoms. The molecule has 3 aromatic rings. The first-order valence-corrected chi connectivity index (χ1v) is 12.1. The predicted molar refractivity (Wildman–Crippen MR) is 140 cm³/mol. The third-order valence-corrected chi connectivity index (χ3v) is 6.11. The molecule has 0 amide bonds. The number of rotatable bonds is 9. The highest BCUT2D eigenvalue weighted by molar-refractivity contribution is 5.23. The van der Waals surface area contributed by atoms with Crippen LogP contribution in [0.15, 0.2) is 91.0 Å². The van der Waals surface area contributed by atoms with Crippen LogP contribution in [0.3, 0.4) is 0 Å². The maximum absolute atomic E-state index is 5.73. The monoisotopic (exact) mass is 446 g/mol. The van der Waals surface area contributed by atoms with Gasteiger partial charge in [0.25, 0.3) is 0 Å². The van der Waals surface area contributed by atoms with Gasteiger partial charge in [-0.05, 0) is 56.2 Å². The van der Waals surface area contributed by atoms with Gasteiger partial charge < -0.3 is 0 Å². The van der Waals surface area contributed by atoms with Crippen molar-refractivity contribution in [2.45, 2.75) is 84.3 Å². The summed E-state index contributed by atoms with van der Waals surface area (Å²) in [7, 11) is 0. The molecule has 178 valence electrons. The summed E-state index contributed by atoms with van der Waals surface area (Å²) in [4.78, 5) is 11.5. The van der Waals surface area contributed by atoms with Crippen molar-refractivity contribution in [3.8, 4) is 0 Å². The summed E-state index contributed by atoms with van der Waals surface area (Å²) in [6.07, 6.45) is 3.89. The van der Waals surface area contributed by atoms with Crippen molar-refractivity contribution in [1.82, 2.24) is 0 Å². The smallest absolute Gasteiger partial charge is 0.123 e. The van der Waals surface area contributed by atoms with Crippen molar-refractivity contribution in [3.63, 3.8) is 0 Å². The van der Waals surface area contributed by atoms with Gasteiger partial charge in [0, 0.05) is 0 Å². The lowest BCUT2D eigenvalue weighted by atomic mass is 9.80. The zero-order valence-electron chi connectivity index (χ0n) is 21.6. The highest BCUT2D eigenvalue weighted by Gasteiger charge is 2.29. The van der Waals surface area contributed by atoms with Gasteiger partial charge in [-0.2, -0.15) is 0 Å². The average Bonchev–Trinajstić information content (AvgIpc) is 2.84. The second kappa shape index (κ2) is 12.2. The summed E-state index contributed by atoms with van der Waals surface area (Å²) < 4.78 is 0. The molecule has 0 N–H and O–H groups in total. The molecule has 3 aromatic carbocycles. The Morgan fingerprint density at radius 3 is 1.18 bits per heavy atom. The zero-order chi connectivity index (χ0) is 24.4. The standard InChI is InChI=1S/C18H22O2.C13H20/c1-17(2,15-11-7-5-8-12-15)19-20-18(3,4)16-13-9-6-10-14-16;1-4-5-11-13(2,3)12-9-7-6-8-10-12/h5-14H,1-4H3;6-10H,4-5,11H2,1-3H3. The Labute approximate surface area is 201 Å². The fourth-order valence-electron chi connectivity index (χ4n) is 3.64. The van der Waals surface area contributed by atoms with E-state index in [0.29, 0.717) is 5.41 Å². The Hall–Kier alpha value is -2.42. The minimum absolute atomic E-state index is 0.345. The van der Waals surface area contributed by atoms with Crippen LogP contribution in [-0.4, -0.2) is 0 Å². The molecule has 33 heavy (non-hydrogen) atoms. The van der Waals surface area contributed by atoms with Gasteiger partial charge in [0.05, 0.1) is 0 Å². The Balaban J connectivity index is 0.000000257. The SMILES string of the molecule is CC(C)(OOC(C)(C)c1ccccc1)c1ccccc1.CCCCC(C)(C)c1ccccc1.